The lowest BCUT2D eigenvalue weighted by Gasteiger charge is -2.43. The first-order chi connectivity index (χ1) is 9.50. The highest BCUT2D eigenvalue weighted by Crippen LogP contribution is 2.59. The van der Waals surface area contributed by atoms with E-state index in [0.717, 1.165) is 6.92 Å². The second-order valence-corrected chi connectivity index (χ2v) is 4.02. The van der Waals surface area contributed by atoms with Crippen LogP contribution in [0.15, 0.2) is 0 Å². The van der Waals surface area contributed by atoms with Crippen molar-refractivity contribution in [1.82, 2.24) is 0 Å². The van der Waals surface area contributed by atoms with E-state index in [1.165, 1.54) is 0 Å². The summed E-state index contributed by atoms with van der Waals surface area (Å²) in [4.78, 5) is 0. The molecule has 0 aromatic carbocycles. The first kappa shape index (κ1) is 21.1. The molecule has 0 aliphatic carbocycles. The second-order valence-electron chi connectivity index (χ2n) is 4.02. The Kier molecular flexibility index (Phi) is 5.72. The molecule has 0 aliphatic heterocycles. The molecule has 22 heavy (non-hydrogen) atoms. The van der Waals surface area contributed by atoms with Gasteiger partial charge in [0.25, 0.3) is 0 Å². The summed E-state index contributed by atoms with van der Waals surface area (Å²) in [6.07, 6.45) is -20.7. The Balaban J connectivity index is 6.49. The van der Waals surface area contributed by atoms with Crippen molar-refractivity contribution in [2.45, 2.75) is 49.6 Å². The van der Waals surface area contributed by atoms with Gasteiger partial charge in [-0.25, -0.2) is 17.6 Å². The van der Waals surface area contributed by atoms with E-state index in [-0.39, 0.29) is 0 Å². The van der Waals surface area contributed by atoms with Crippen molar-refractivity contribution in [3.63, 3.8) is 0 Å². The van der Waals surface area contributed by atoms with E-state index in [2.05, 4.69) is 4.74 Å². The number of ether oxygens (including phenoxy) is 1. The molecule has 0 amide bonds. The molecule has 0 radical (unpaired) electrons. The highest BCUT2D eigenvalue weighted by atomic mass is 19.4. The molecule has 0 fully saturated rings. The minimum atomic E-state index is -7.37. The molecule has 0 saturated heterocycles. The van der Waals surface area contributed by atoms with Gasteiger partial charge in [0.15, 0.2) is 0 Å². The lowest BCUT2D eigenvalue weighted by Crippen LogP contribution is -2.74. The van der Waals surface area contributed by atoms with Crippen molar-refractivity contribution < 1.29 is 57.4 Å². The minimum Gasteiger partial charge on any atom is -0.338 e. The Bertz CT molecular complexity index is 358. The summed E-state index contributed by atoms with van der Waals surface area (Å²) in [7, 11) is 0. The van der Waals surface area contributed by atoms with Gasteiger partial charge in [-0.05, 0) is 6.42 Å². The van der Waals surface area contributed by atoms with Crippen LogP contribution in [0, 0.1) is 0 Å². The highest BCUT2D eigenvalue weighted by molar-refractivity contribution is 5.12. The maximum absolute atomic E-state index is 13.8. The van der Waals surface area contributed by atoms with Gasteiger partial charge < -0.3 is 4.74 Å². The quantitative estimate of drug-likeness (QED) is 0.618. The van der Waals surface area contributed by atoms with Gasteiger partial charge in [0.2, 0.25) is 0 Å². The molecule has 0 N–H and O–H groups in total. The molecule has 0 aromatic heterocycles. The van der Waals surface area contributed by atoms with Crippen molar-refractivity contribution in [2.75, 3.05) is 6.61 Å². The number of rotatable bonds is 6. The molecule has 1 atom stereocenters. The fourth-order valence-electron chi connectivity index (χ4n) is 1.33. The van der Waals surface area contributed by atoms with Crippen LogP contribution < -0.4 is 0 Å². The molecule has 1 unspecified atom stereocenters. The molecule has 0 spiro atoms. The normalized spacial score (nSPS) is 17.7. The van der Waals surface area contributed by atoms with Crippen molar-refractivity contribution in [2.24, 2.45) is 0 Å². The molecule has 0 bridgehead atoms. The van der Waals surface area contributed by atoms with Gasteiger partial charge in [-0.1, -0.05) is 6.92 Å². The molecule has 0 aliphatic rings. The van der Waals surface area contributed by atoms with Crippen LogP contribution in [0.5, 0.6) is 0 Å². The van der Waals surface area contributed by atoms with Crippen LogP contribution >= 0.6 is 0 Å². The van der Waals surface area contributed by atoms with Crippen LogP contribution in [0.25, 0.3) is 0 Å². The maximum atomic E-state index is 13.8. The van der Waals surface area contributed by atoms with Crippen molar-refractivity contribution >= 4 is 0 Å². The Morgan fingerprint density at radius 3 is 1.36 bits per heavy atom. The molecule has 0 rings (SSSR count). The minimum absolute atomic E-state index is 0.656. The predicted molar refractivity (Wildman–Crippen MR) is 47.0 cm³/mol. The Morgan fingerprint density at radius 1 is 0.773 bits per heavy atom. The standard InChI is InChI=1S/C9H8F12O/c1-2-3-22-7(15,5(12,13)4(10)11)6(14,8(16,17)18)9(19,20)21/h4H,2-3H2,1H3. The van der Waals surface area contributed by atoms with E-state index in [1.807, 2.05) is 0 Å². The topological polar surface area (TPSA) is 9.23 Å². The van der Waals surface area contributed by atoms with E-state index in [0.29, 0.717) is 0 Å². The van der Waals surface area contributed by atoms with Gasteiger partial charge in [-0.15, -0.1) is 0 Å². The number of hydrogen-bond donors (Lipinski definition) is 0. The van der Waals surface area contributed by atoms with Crippen LogP contribution in [0.4, 0.5) is 52.7 Å². The predicted octanol–water partition coefficient (Wildman–Crippen LogP) is 4.81. The van der Waals surface area contributed by atoms with Gasteiger partial charge in [0.05, 0.1) is 6.61 Å². The zero-order chi connectivity index (χ0) is 18.2. The zero-order valence-corrected chi connectivity index (χ0v) is 10.4. The first-order valence-electron chi connectivity index (χ1n) is 5.31. The van der Waals surface area contributed by atoms with Crippen LogP contribution in [-0.2, 0) is 4.74 Å². The van der Waals surface area contributed by atoms with E-state index < -0.39 is 49.3 Å². The molecule has 1 nitrogen and oxygen atoms in total. The van der Waals surface area contributed by atoms with Crippen molar-refractivity contribution in [3.8, 4) is 0 Å². The summed E-state index contributed by atoms with van der Waals surface area (Å²) >= 11 is 0. The summed E-state index contributed by atoms with van der Waals surface area (Å²) in [5.41, 5.74) is -7.37. The summed E-state index contributed by atoms with van der Waals surface area (Å²) in [6, 6.07) is 0. The second kappa shape index (κ2) is 5.96. The van der Waals surface area contributed by atoms with Gasteiger partial charge in [0.1, 0.15) is 0 Å². The molecular weight excluding hydrogens is 352 g/mol. The average Bonchev–Trinajstić information content (AvgIpc) is 2.31. The summed E-state index contributed by atoms with van der Waals surface area (Å²) < 4.78 is 154. The molecular formula is C9H8F12O. The van der Waals surface area contributed by atoms with Crippen LogP contribution in [0.2, 0.25) is 0 Å². The zero-order valence-electron chi connectivity index (χ0n) is 10.4. The van der Waals surface area contributed by atoms with Crippen LogP contribution in [0.1, 0.15) is 13.3 Å². The van der Waals surface area contributed by atoms with E-state index in [1.54, 1.807) is 0 Å². The number of hydrogen-bond acceptors (Lipinski definition) is 1. The maximum Gasteiger partial charge on any atom is 0.437 e. The number of halogens is 12. The third-order valence-electron chi connectivity index (χ3n) is 2.43. The Labute approximate surface area is 115 Å². The lowest BCUT2D eigenvalue weighted by molar-refractivity contribution is -0.460. The van der Waals surface area contributed by atoms with Gasteiger partial charge >= 0.3 is 36.2 Å². The van der Waals surface area contributed by atoms with Crippen molar-refractivity contribution in [3.05, 3.63) is 0 Å². The molecule has 0 heterocycles. The largest absolute Gasteiger partial charge is 0.437 e. The van der Waals surface area contributed by atoms with Crippen LogP contribution in [0.3, 0.4) is 0 Å². The fourth-order valence-corrected chi connectivity index (χ4v) is 1.33. The summed E-state index contributed by atoms with van der Waals surface area (Å²) in [6.45, 7) is -0.682. The SMILES string of the molecule is CCCOC(F)(C(F)(F)C(F)F)C(F)(C(F)(F)F)C(F)(F)F. The highest BCUT2D eigenvalue weighted by Gasteiger charge is 2.91. The van der Waals surface area contributed by atoms with E-state index in [9.17, 15) is 52.7 Å². The van der Waals surface area contributed by atoms with Gasteiger partial charge in [0, 0.05) is 0 Å². The summed E-state index contributed by atoms with van der Waals surface area (Å²) in [5, 5.41) is 0. The monoisotopic (exact) mass is 360 g/mol. The van der Waals surface area contributed by atoms with Gasteiger partial charge in [-0.2, -0.15) is 35.1 Å². The third-order valence-corrected chi connectivity index (χ3v) is 2.43. The molecule has 13 heteroatoms. The number of alkyl halides is 12. The Hall–Kier alpha value is -0.880. The van der Waals surface area contributed by atoms with Crippen LogP contribution in [-0.4, -0.2) is 42.8 Å². The molecule has 0 aromatic rings. The molecule has 134 valence electrons. The van der Waals surface area contributed by atoms with E-state index in [4.69, 9.17) is 0 Å². The smallest absolute Gasteiger partial charge is 0.338 e. The average molecular weight is 360 g/mol. The Morgan fingerprint density at radius 2 is 1.14 bits per heavy atom. The van der Waals surface area contributed by atoms with E-state index >= 15 is 0 Å². The van der Waals surface area contributed by atoms with Crippen molar-refractivity contribution in [1.29, 1.82) is 0 Å². The van der Waals surface area contributed by atoms with Gasteiger partial charge in [-0.3, -0.25) is 0 Å². The fraction of sp³-hybridized carbons (Fsp3) is 1.00. The third kappa shape index (κ3) is 2.95. The lowest BCUT2D eigenvalue weighted by atomic mass is 9.89. The first-order valence-corrected chi connectivity index (χ1v) is 5.31. The summed E-state index contributed by atoms with van der Waals surface area (Å²) in [5.74, 6) is -13.4. The molecule has 0 saturated carbocycles.